The Morgan fingerprint density at radius 3 is 2.61 bits per heavy atom. The monoisotopic (exact) mass is 250 g/mol. The van der Waals surface area contributed by atoms with Crippen LogP contribution in [0.3, 0.4) is 0 Å². The van der Waals surface area contributed by atoms with E-state index in [0.29, 0.717) is 22.9 Å². The van der Waals surface area contributed by atoms with E-state index in [4.69, 9.17) is 10.5 Å². The van der Waals surface area contributed by atoms with Gasteiger partial charge in [0.15, 0.2) is 5.75 Å². The highest BCUT2D eigenvalue weighted by atomic mass is 16.5. The maximum absolute atomic E-state index is 12.2. The molecule has 0 bridgehead atoms. The van der Waals surface area contributed by atoms with Crippen LogP contribution < -0.4 is 15.8 Å². The predicted octanol–water partition coefficient (Wildman–Crippen LogP) is 2.44. The van der Waals surface area contributed by atoms with Crippen molar-refractivity contribution >= 4 is 11.6 Å². The van der Waals surface area contributed by atoms with Gasteiger partial charge in [0.05, 0.1) is 18.4 Å². The Hall–Kier alpha value is -1.71. The number of hydrogen-bond donors (Lipinski definition) is 2. The van der Waals surface area contributed by atoms with Gasteiger partial charge in [-0.3, -0.25) is 4.79 Å². The van der Waals surface area contributed by atoms with Gasteiger partial charge in [-0.2, -0.15) is 0 Å². The summed E-state index contributed by atoms with van der Waals surface area (Å²) in [5, 5.41) is 3.01. The Labute approximate surface area is 109 Å². The van der Waals surface area contributed by atoms with Crippen molar-refractivity contribution in [3.05, 3.63) is 23.8 Å². The van der Waals surface area contributed by atoms with Crippen LogP contribution in [0.15, 0.2) is 18.2 Å². The van der Waals surface area contributed by atoms with E-state index >= 15 is 0 Å². The Kier molecular flexibility index (Phi) is 5.01. The number of nitrogens with one attached hydrogen (secondary N) is 1. The molecule has 1 aromatic carbocycles. The third kappa shape index (κ3) is 3.15. The Morgan fingerprint density at radius 1 is 1.44 bits per heavy atom. The zero-order valence-corrected chi connectivity index (χ0v) is 11.5. The first kappa shape index (κ1) is 14.4. The highest BCUT2D eigenvalue weighted by Crippen LogP contribution is 2.26. The van der Waals surface area contributed by atoms with E-state index in [1.54, 1.807) is 18.2 Å². The fourth-order valence-electron chi connectivity index (χ4n) is 1.95. The average Bonchev–Trinajstić information content (AvgIpc) is 2.34. The summed E-state index contributed by atoms with van der Waals surface area (Å²) in [6.45, 7) is 6.23. The van der Waals surface area contributed by atoms with Crippen LogP contribution in [-0.2, 0) is 0 Å². The fraction of sp³-hybridized carbons (Fsp3) is 0.500. The molecule has 100 valence electrons. The molecule has 0 saturated carbocycles. The summed E-state index contributed by atoms with van der Waals surface area (Å²) in [6, 6.07) is 5.35. The van der Waals surface area contributed by atoms with E-state index in [2.05, 4.69) is 26.1 Å². The van der Waals surface area contributed by atoms with Crippen molar-refractivity contribution in [3.8, 4) is 5.75 Å². The zero-order valence-electron chi connectivity index (χ0n) is 11.5. The van der Waals surface area contributed by atoms with Gasteiger partial charge in [0.1, 0.15) is 0 Å². The maximum Gasteiger partial charge on any atom is 0.255 e. The molecule has 0 aromatic heterocycles. The highest BCUT2D eigenvalue weighted by molar-refractivity contribution is 5.98. The van der Waals surface area contributed by atoms with E-state index in [-0.39, 0.29) is 11.9 Å². The lowest BCUT2D eigenvalue weighted by Crippen LogP contribution is -2.38. The molecule has 3 N–H and O–H groups in total. The Morgan fingerprint density at radius 2 is 2.11 bits per heavy atom. The summed E-state index contributed by atoms with van der Waals surface area (Å²) in [6.07, 6.45) is 0.897. The molecule has 0 saturated heterocycles. The number of para-hydroxylation sites is 1. The smallest absolute Gasteiger partial charge is 0.255 e. The first-order valence-corrected chi connectivity index (χ1v) is 6.24. The van der Waals surface area contributed by atoms with Gasteiger partial charge < -0.3 is 15.8 Å². The lowest BCUT2D eigenvalue weighted by molar-refractivity contribution is 0.0921. The Bertz CT molecular complexity index is 416. The summed E-state index contributed by atoms with van der Waals surface area (Å²) in [7, 11) is 1.52. The molecule has 0 radical (unpaired) electrons. The van der Waals surface area contributed by atoms with Crippen LogP contribution in [-0.4, -0.2) is 19.1 Å². The summed E-state index contributed by atoms with van der Waals surface area (Å²) >= 11 is 0. The number of benzene rings is 1. The third-order valence-electron chi connectivity index (χ3n) is 3.06. The Balaban J connectivity index is 2.94. The molecule has 0 spiro atoms. The van der Waals surface area contributed by atoms with Gasteiger partial charge in [0, 0.05) is 6.04 Å². The number of carbonyl (C=O) groups is 1. The molecule has 0 heterocycles. The molecule has 0 aliphatic rings. The number of hydrogen-bond acceptors (Lipinski definition) is 3. The zero-order chi connectivity index (χ0) is 13.7. The summed E-state index contributed by atoms with van der Waals surface area (Å²) in [4.78, 5) is 12.2. The van der Waals surface area contributed by atoms with Crippen molar-refractivity contribution in [3.63, 3.8) is 0 Å². The van der Waals surface area contributed by atoms with E-state index in [1.807, 2.05) is 0 Å². The van der Waals surface area contributed by atoms with Crippen molar-refractivity contribution in [1.82, 2.24) is 5.32 Å². The van der Waals surface area contributed by atoms with Gasteiger partial charge >= 0.3 is 0 Å². The van der Waals surface area contributed by atoms with Gasteiger partial charge in [-0.05, 0) is 24.5 Å². The van der Waals surface area contributed by atoms with E-state index < -0.39 is 0 Å². The van der Waals surface area contributed by atoms with Crippen molar-refractivity contribution in [2.75, 3.05) is 12.8 Å². The second-order valence-electron chi connectivity index (χ2n) is 4.66. The fourth-order valence-corrected chi connectivity index (χ4v) is 1.95. The van der Waals surface area contributed by atoms with E-state index in [0.717, 1.165) is 6.42 Å². The minimum absolute atomic E-state index is 0.139. The minimum atomic E-state index is -0.139. The molecule has 1 atom stereocenters. The number of carbonyl (C=O) groups excluding carboxylic acids is 1. The SMILES string of the molecule is CCC(NC(=O)c1cccc(N)c1OC)C(C)C. The molecular formula is C14H22N2O2. The predicted molar refractivity (Wildman–Crippen MR) is 73.8 cm³/mol. The molecule has 0 aliphatic carbocycles. The van der Waals surface area contributed by atoms with Crippen LogP contribution in [0.5, 0.6) is 5.75 Å². The largest absolute Gasteiger partial charge is 0.494 e. The molecule has 4 nitrogen and oxygen atoms in total. The number of anilines is 1. The molecule has 1 aromatic rings. The van der Waals surface area contributed by atoms with E-state index in [9.17, 15) is 4.79 Å². The number of ether oxygens (including phenoxy) is 1. The van der Waals surface area contributed by atoms with Crippen molar-refractivity contribution in [1.29, 1.82) is 0 Å². The average molecular weight is 250 g/mol. The maximum atomic E-state index is 12.2. The minimum Gasteiger partial charge on any atom is -0.494 e. The van der Waals surface area contributed by atoms with Crippen molar-refractivity contribution in [2.45, 2.75) is 33.2 Å². The first-order chi connectivity index (χ1) is 8.51. The van der Waals surface area contributed by atoms with Crippen molar-refractivity contribution in [2.24, 2.45) is 5.92 Å². The number of nitrogens with two attached hydrogens (primary N) is 1. The van der Waals surface area contributed by atoms with Crippen LogP contribution in [0, 0.1) is 5.92 Å². The topological polar surface area (TPSA) is 64.4 Å². The third-order valence-corrected chi connectivity index (χ3v) is 3.06. The van der Waals surface area contributed by atoms with Crippen LogP contribution in [0.4, 0.5) is 5.69 Å². The number of rotatable bonds is 5. The number of amides is 1. The summed E-state index contributed by atoms with van der Waals surface area (Å²) < 4.78 is 5.19. The van der Waals surface area contributed by atoms with Gasteiger partial charge in [0.2, 0.25) is 0 Å². The first-order valence-electron chi connectivity index (χ1n) is 6.24. The molecular weight excluding hydrogens is 228 g/mol. The van der Waals surface area contributed by atoms with Crippen LogP contribution in [0.1, 0.15) is 37.6 Å². The van der Waals surface area contributed by atoms with E-state index in [1.165, 1.54) is 7.11 Å². The normalized spacial score (nSPS) is 12.3. The number of methoxy groups -OCH3 is 1. The van der Waals surface area contributed by atoms with Gasteiger partial charge in [0.25, 0.3) is 5.91 Å². The molecule has 1 rings (SSSR count). The standard InChI is InChI=1S/C14H22N2O2/c1-5-12(9(2)3)16-14(17)10-7-6-8-11(15)13(10)18-4/h6-9,12H,5,15H2,1-4H3,(H,16,17). The van der Waals surface area contributed by atoms with Gasteiger partial charge in [-0.1, -0.05) is 26.8 Å². The highest BCUT2D eigenvalue weighted by Gasteiger charge is 2.19. The lowest BCUT2D eigenvalue weighted by Gasteiger charge is -2.21. The second-order valence-corrected chi connectivity index (χ2v) is 4.66. The summed E-state index contributed by atoms with van der Waals surface area (Å²) in [5.74, 6) is 0.694. The molecule has 0 fully saturated rings. The molecule has 0 aliphatic heterocycles. The van der Waals surface area contributed by atoms with Gasteiger partial charge in [-0.25, -0.2) is 0 Å². The molecule has 4 heteroatoms. The quantitative estimate of drug-likeness (QED) is 0.789. The van der Waals surface area contributed by atoms with Crippen molar-refractivity contribution < 1.29 is 9.53 Å². The second kappa shape index (κ2) is 6.28. The lowest BCUT2D eigenvalue weighted by atomic mass is 10.0. The molecule has 1 unspecified atom stereocenters. The number of nitrogen functional groups attached to an aromatic ring is 1. The molecule has 1 amide bonds. The summed E-state index contributed by atoms with van der Waals surface area (Å²) in [5.41, 5.74) is 6.75. The molecule has 18 heavy (non-hydrogen) atoms. The van der Waals surface area contributed by atoms with Crippen LogP contribution in [0.25, 0.3) is 0 Å². The van der Waals surface area contributed by atoms with Gasteiger partial charge in [-0.15, -0.1) is 0 Å². The van der Waals surface area contributed by atoms with Crippen LogP contribution in [0.2, 0.25) is 0 Å². The van der Waals surface area contributed by atoms with Crippen LogP contribution >= 0.6 is 0 Å².